The summed E-state index contributed by atoms with van der Waals surface area (Å²) in [5, 5.41) is 4.22. The van der Waals surface area contributed by atoms with E-state index >= 15 is 0 Å². The zero-order valence-electron chi connectivity index (χ0n) is 9.04. The Morgan fingerprint density at radius 1 is 0.889 bits per heavy atom. The van der Waals surface area contributed by atoms with E-state index in [1.807, 2.05) is 22.7 Å². The lowest BCUT2D eigenvalue weighted by Gasteiger charge is -1.95. The van der Waals surface area contributed by atoms with E-state index in [4.69, 9.17) is 0 Å². The third-order valence-electron chi connectivity index (χ3n) is 3.07. The molecule has 0 fully saturated rings. The molecule has 0 N–H and O–H groups in total. The average Bonchev–Trinajstić information content (AvgIpc) is 2.88. The first kappa shape index (κ1) is 11.9. The summed E-state index contributed by atoms with van der Waals surface area (Å²) < 4.78 is 6.97. The first-order chi connectivity index (χ1) is 8.74. The molecule has 4 heteroatoms. The van der Waals surface area contributed by atoms with Gasteiger partial charge in [0.15, 0.2) is 0 Å². The van der Waals surface area contributed by atoms with Gasteiger partial charge in [-0.3, -0.25) is 0 Å². The standard InChI is InChI=1S/C14H6I2S2/c15-9-3-1-2-8-12-10(17-14(8)9)5-4-7-6-11(16)18-13(7)12/h1-6H. The van der Waals surface area contributed by atoms with Crippen molar-refractivity contribution in [3.63, 3.8) is 0 Å². The third kappa shape index (κ3) is 1.65. The van der Waals surface area contributed by atoms with Gasteiger partial charge >= 0.3 is 0 Å². The van der Waals surface area contributed by atoms with E-state index in [2.05, 4.69) is 81.6 Å². The minimum absolute atomic E-state index is 1.35. The van der Waals surface area contributed by atoms with E-state index in [1.165, 1.54) is 36.7 Å². The second-order valence-electron chi connectivity index (χ2n) is 4.13. The van der Waals surface area contributed by atoms with Crippen LogP contribution in [-0.2, 0) is 0 Å². The van der Waals surface area contributed by atoms with Gasteiger partial charge in [0.05, 0.1) is 2.88 Å². The van der Waals surface area contributed by atoms with E-state index < -0.39 is 0 Å². The summed E-state index contributed by atoms with van der Waals surface area (Å²) in [6, 6.07) is 13.4. The van der Waals surface area contributed by atoms with Gasteiger partial charge in [-0.25, -0.2) is 0 Å². The zero-order valence-corrected chi connectivity index (χ0v) is 15.0. The van der Waals surface area contributed by atoms with Crippen LogP contribution >= 0.6 is 67.9 Å². The van der Waals surface area contributed by atoms with Crippen molar-refractivity contribution < 1.29 is 0 Å². The molecule has 0 atom stereocenters. The molecule has 18 heavy (non-hydrogen) atoms. The molecular formula is C14H6I2S2. The Morgan fingerprint density at radius 3 is 2.67 bits per heavy atom. The first-order valence-corrected chi connectivity index (χ1v) is 9.22. The van der Waals surface area contributed by atoms with E-state index in [9.17, 15) is 0 Å². The maximum absolute atomic E-state index is 2.43. The smallest absolute Gasteiger partial charge is 0.0666 e. The van der Waals surface area contributed by atoms with Gasteiger partial charge < -0.3 is 0 Å². The molecule has 0 nitrogen and oxygen atoms in total. The van der Waals surface area contributed by atoms with E-state index in [1.54, 1.807) is 0 Å². The molecule has 0 bridgehead atoms. The monoisotopic (exact) mass is 492 g/mol. The lowest BCUT2D eigenvalue weighted by molar-refractivity contribution is 1.80. The molecule has 2 aromatic carbocycles. The normalized spacial score (nSPS) is 11.9. The van der Waals surface area contributed by atoms with Gasteiger partial charge in [-0.15, -0.1) is 22.7 Å². The third-order valence-corrected chi connectivity index (χ3v) is 7.46. The highest BCUT2D eigenvalue weighted by molar-refractivity contribution is 14.1. The average molecular weight is 492 g/mol. The maximum atomic E-state index is 2.43. The second kappa shape index (κ2) is 4.29. The van der Waals surface area contributed by atoms with Crippen LogP contribution in [0.5, 0.6) is 0 Å². The second-order valence-corrected chi connectivity index (χ2v) is 9.29. The molecule has 0 aliphatic rings. The van der Waals surface area contributed by atoms with Gasteiger partial charge in [0, 0.05) is 28.4 Å². The Labute approximate surface area is 139 Å². The number of halogens is 2. The Bertz CT molecular complexity index is 902. The van der Waals surface area contributed by atoms with Gasteiger partial charge in [-0.1, -0.05) is 18.2 Å². The van der Waals surface area contributed by atoms with Crippen LogP contribution in [0.15, 0.2) is 36.4 Å². The van der Waals surface area contributed by atoms with Crippen molar-refractivity contribution in [1.82, 2.24) is 0 Å². The molecule has 0 unspecified atom stereocenters. The van der Waals surface area contributed by atoms with Crippen molar-refractivity contribution in [3.8, 4) is 0 Å². The van der Waals surface area contributed by atoms with E-state index in [0.717, 1.165) is 0 Å². The summed E-state index contributed by atoms with van der Waals surface area (Å²) in [6.07, 6.45) is 0. The summed E-state index contributed by atoms with van der Waals surface area (Å²) in [6.45, 7) is 0. The fourth-order valence-corrected chi connectivity index (χ4v) is 6.27. The lowest BCUT2D eigenvalue weighted by Crippen LogP contribution is -1.70. The number of hydrogen-bond acceptors (Lipinski definition) is 2. The minimum atomic E-state index is 1.35. The van der Waals surface area contributed by atoms with E-state index in [-0.39, 0.29) is 0 Å². The fraction of sp³-hybridized carbons (Fsp3) is 0. The van der Waals surface area contributed by atoms with Crippen LogP contribution < -0.4 is 0 Å². The first-order valence-electron chi connectivity index (χ1n) is 5.43. The molecule has 0 spiro atoms. The summed E-state index contributed by atoms with van der Waals surface area (Å²) in [5.41, 5.74) is 0. The summed E-state index contributed by atoms with van der Waals surface area (Å²) >= 11 is 8.66. The molecule has 2 heterocycles. The van der Waals surface area contributed by atoms with Gasteiger partial charge in [0.1, 0.15) is 0 Å². The minimum Gasteiger partial charge on any atom is -0.134 e. The number of thiophene rings is 2. The largest absolute Gasteiger partial charge is 0.134 e. The molecule has 0 amide bonds. The lowest BCUT2D eigenvalue weighted by atomic mass is 10.1. The van der Waals surface area contributed by atoms with Crippen molar-refractivity contribution >= 4 is 98.1 Å². The zero-order chi connectivity index (χ0) is 12.3. The number of hydrogen-bond donors (Lipinski definition) is 0. The predicted octanol–water partition coefficient (Wildman–Crippen LogP) is 6.48. The number of rotatable bonds is 0. The molecule has 4 aromatic rings. The van der Waals surface area contributed by atoms with Crippen molar-refractivity contribution in [3.05, 3.63) is 42.9 Å². The molecule has 2 aromatic heterocycles. The van der Waals surface area contributed by atoms with Crippen LogP contribution in [0.2, 0.25) is 0 Å². The van der Waals surface area contributed by atoms with Crippen LogP contribution in [0.25, 0.3) is 30.3 Å². The topological polar surface area (TPSA) is 0 Å². The Hall–Kier alpha value is 0.0800. The van der Waals surface area contributed by atoms with Crippen molar-refractivity contribution in [1.29, 1.82) is 0 Å². The number of benzene rings is 2. The van der Waals surface area contributed by atoms with Crippen LogP contribution in [0.1, 0.15) is 0 Å². The highest BCUT2D eigenvalue weighted by atomic mass is 127. The van der Waals surface area contributed by atoms with Crippen LogP contribution in [0.3, 0.4) is 0 Å². The van der Waals surface area contributed by atoms with Gasteiger partial charge in [0.2, 0.25) is 0 Å². The van der Waals surface area contributed by atoms with Gasteiger partial charge in [0.25, 0.3) is 0 Å². The van der Waals surface area contributed by atoms with Crippen LogP contribution in [-0.4, -0.2) is 0 Å². The Kier molecular flexibility index (Phi) is 2.83. The molecule has 0 radical (unpaired) electrons. The number of fused-ring (bicyclic) bond motifs is 5. The summed E-state index contributed by atoms with van der Waals surface area (Å²) in [5.74, 6) is 0. The quantitative estimate of drug-likeness (QED) is 0.247. The molecule has 0 aliphatic heterocycles. The molecule has 0 saturated carbocycles. The molecule has 0 aliphatic carbocycles. The fourth-order valence-electron chi connectivity index (χ4n) is 2.31. The summed E-state index contributed by atoms with van der Waals surface area (Å²) in [4.78, 5) is 0. The van der Waals surface area contributed by atoms with Crippen molar-refractivity contribution in [2.24, 2.45) is 0 Å². The Balaban J connectivity index is 2.36. The predicted molar refractivity (Wildman–Crippen MR) is 100 cm³/mol. The summed E-state index contributed by atoms with van der Waals surface area (Å²) in [7, 11) is 0. The van der Waals surface area contributed by atoms with Crippen LogP contribution in [0.4, 0.5) is 0 Å². The molecular weight excluding hydrogens is 486 g/mol. The van der Waals surface area contributed by atoms with E-state index in [0.29, 0.717) is 0 Å². The SMILES string of the molecule is Ic1cc2ccc3sc4c(I)cccc4c3c2s1. The van der Waals surface area contributed by atoms with Crippen molar-refractivity contribution in [2.45, 2.75) is 0 Å². The molecule has 88 valence electrons. The van der Waals surface area contributed by atoms with Crippen molar-refractivity contribution in [2.75, 3.05) is 0 Å². The molecule has 0 saturated heterocycles. The van der Waals surface area contributed by atoms with Gasteiger partial charge in [-0.2, -0.15) is 0 Å². The Morgan fingerprint density at radius 2 is 1.78 bits per heavy atom. The highest BCUT2D eigenvalue weighted by Crippen LogP contribution is 2.42. The highest BCUT2D eigenvalue weighted by Gasteiger charge is 2.12. The maximum Gasteiger partial charge on any atom is 0.0666 e. The molecule has 4 rings (SSSR count). The van der Waals surface area contributed by atoms with Crippen LogP contribution in [0, 0.1) is 6.45 Å². The van der Waals surface area contributed by atoms with Gasteiger partial charge in [-0.05, 0) is 68.8 Å².